The van der Waals surface area contributed by atoms with E-state index in [0.29, 0.717) is 25.1 Å². The highest BCUT2D eigenvalue weighted by atomic mass is 16.4. The summed E-state index contributed by atoms with van der Waals surface area (Å²) in [7, 11) is 3.35. The molecule has 6 nitrogen and oxygen atoms in total. The van der Waals surface area contributed by atoms with Gasteiger partial charge in [-0.05, 0) is 30.2 Å². The van der Waals surface area contributed by atoms with Crippen LogP contribution in [0.25, 0.3) is 0 Å². The van der Waals surface area contributed by atoms with Gasteiger partial charge < -0.3 is 14.9 Å². The van der Waals surface area contributed by atoms with Crippen LogP contribution >= 0.6 is 0 Å². The minimum absolute atomic E-state index is 0.0304. The number of anilines is 1. The molecule has 0 unspecified atom stereocenters. The average Bonchev–Trinajstić information content (AvgIpc) is 2.45. The summed E-state index contributed by atoms with van der Waals surface area (Å²) in [6.07, 6.45) is 1.12. The molecule has 0 atom stereocenters. The van der Waals surface area contributed by atoms with E-state index >= 15 is 0 Å². The molecule has 112 valence electrons. The molecule has 2 amide bonds. The van der Waals surface area contributed by atoms with Crippen molar-refractivity contribution in [2.45, 2.75) is 19.3 Å². The lowest BCUT2D eigenvalue weighted by Crippen LogP contribution is -2.38. The first kappa shape index (κ1) is 15.0. The Bertz CT molecular complexity index is 595. The second-order valence-electron chi connectivity index (χ2n) is 5.23. The van der Waals surface area contributed by atoms with E-state index in [0.717, 1.165) is 5.56 Å². The molecule has 0 spiro atoms. The van der Waals surface area contributed by atoms with Gasteiger partial charge in [0.1, 0.15) is 0 Å². The van der Waals surface area contributed by atoms with E-state index in [-0.39, 0.29) is 23.8 Å². The number of carbonyl (C=O) groups is 3. The highest BCUT2D eigenvalue weighted by Gasteiger charge is 2.25. The predicted molar refractivity (Wildman–Crippen MR) is 77.4 cm³/mol. The Labute approximate surface area is 123 Å². The first-order chi connectivity index (χ1) is 9.90. The predicted octanol–water partition coefficient (Wildman–Crippen LogP) is 1.14. The maximum atomic E-state index is 12.0. The van der Waals surface area contributed by atoms with Gasteiger partial charge in [0.2, 0.25) is 11.8 Å². The van der Waals surface area contributed by atoms with Crippen molar-refractivity contribution >= 4 is 23.5 Å². The number of benzene rings is 1. The fourth-order valence-corrected chi connectivity index (χ4v) is 2.37. The van der Waals surface area contributed by atoms with Crippen molar-refractivity contribution < 1.29 is 19.5 Å². The van der Waals surface area contributed by atoms with Crippen LogP contribution in [-0.2, 0) is 16.0 Å². The molecule has 0 aromatic heterocycles. The number of carboxylic acids is 1. The Morgan fingerprint density at radius 2 is 2.00 bits per heavy atom. The van der Waals surface area contributed by atoms with Gasteiger partial charge in [0.15, 0.2) is 0 Å². The molecule has 1 aliphatic heterocycles. The van der Waals surface area contributed by atoms with Gasteiger partial charge >= 0.3 is 5.97 Å². The second kappa shape index (κ2) is 5.95. The lowest BCUT2D eigenvalue weighted by atomic mass is 9.98. The Hall–Kier alpha value is -2.37. The van der Waals surface area contributed by atoms with E-state index < -0.39 is 5.97 Å². The van der Waals surface area contributed by atoms with Gasteiger partial charge in [-0.2, -0.15) is 0 Å². The Kier molecular flexibility index (Phi) is 4.26. The van der Waals surface area contributed by atoms with Crippen LogP contribution < -0.4 is 4.90 Å². The third-order valence-electron chi connectivity index (χ3n) is 3.57. The summed E-state index contributed by atoms with van der Waals surface area (Å²) in [6, 6.07) is 4.74. The summed E-state index contributed by atoms with van der Waals surface area (Å²) >= 11 is 0. The summed E-state index contributed by atoms with van der Waals surface area (Å²) in [5, 5.41) is 9.01. The van der Waals surface area contributed by atoms with Gasteiger partial charge in [0.05, 0.1) is 5.56 Å². The SMILES string of the molecule is CN(C)C(=O)CCN1C(=O)CCc2cc(C(=O)O)ccc21. The molecule has 2 rings (SSSR count). The number of aromatic carboxylic acids is 1. The van der Waals surface area contributed by atoms with Crippen LogP contribution in [0.15, 0.2) is 18.2 Å². The number of carbonyl (C=O) groups excluding carboxylic acids is 2. The average molecular weight is 290 g/mol. The monoisotopic (exact) mass is 290 g/mol. The molecule has 21 heavy (non-hydrogen) atoms. The summed E-state index contributed by atoms with van der Waals surface area (Å²) in [4.78, 5) is 37.8. The lowest BCUT2D eigenvalue weighted by Gasteiger charge is -2.29. The van der Waals surface area contributed by atoms with Crippen molar-refractivity contribution in [1.29, 1.82) is 0 Å². The molecular formula is C15H18N2O4. The number of hydrogen-bond donors (Lipinski definition) is 1. The minimum Gasteiger partial charge on any atom is -0.478 e. The van der Waals surface area contributed by atoms with Crippen molar-refractivity contribution in [1.82, 2.24) is 4.90 Å². The number of hydrogen-bond acceptors (Lipinski definition) is 3. The molecule has 1 aromatic rings. The highest BCUT2D eigenvalue weighted by Crippen LogP contribution is 2.29. The highest BCUT2D eigenvalue weighted by molar-refractivity contribution is 5.98. The standard InChI is InChI=1S/C15H18N2O4/c1-16(2)13(18)7-8-17-12-5-3-11(15(20)21)9-10(12)4-6-14(17)19/h3,5,9H,4,6-8H2,1-2H3,(H,20,21). The van der Waals surface area contributed by atoms with Crippen LogP contribution in [0.5, 0.6) is 0 Å². The van der Waals surface area contributed by atoms with Crippen molar-refractivity contribution in [2.75, 3.05) is 25.5 Å². The molecular weight excluding hydrogens is 272 g/mol. The lowest BCUT2D eigenvalue weighted by molar-refractivity contribution is -0.128. The molecule has 6 heteroatoms. The number of amides is 2. The van der Waals surface area contributed by atoms with Gasteiger partial charge in [-0.3, -0.25) is 9.59 Å². The normalized spacial score (nSPS) is 13.8. The maximum absolute atomic E-state index is 12.0. The van der Waals surface area contributed by atoms with Crippen LogP contribution in [0.3, 0.4) is 0 Å². The van der Waals surface area contributed by atoms with Crippen LogP contribution in [0.4, 0.5) is 5.69 Å². The third-order valence-corrected chi connectivity index (χ3v) is 3.57. The van der Waals surface area contributed by atoms with Crippen molar-refractivity contribution in [3.05, 3.63) is 29.3 Å². The van der Waals surface area contributed by atoms with Gasteiger partial charge in [0.25, 0.3) is 0 Å². The third kappa shape index (κ3) is 3.21. The molecule has 1 aromatic carbocycles. The Morgan fingerprint density at radius 3 is 2.62 bits per heavy atom. The molecule has 0 saturated heterocycles. The number of rotatable bonds is 4. The van der Waals surface area contributed by atoms with Gasteiger partial charge in [-0.15, -0.1) is 0 Å². The fraction of sp³-hybridized carbons (Fsp3) is 0.400. The van der Waals surface area contributed by atoms with E-state index in [1.165, 1.54) is 11.0 Å². The zero-order chi connectivity index (χ0) is 15.6. The van der Waals surface area contributed by atoms with E-state index in [2.05, 4.69) is 0 Å². The Morgan fingerprint density at radius 1 is 1.29 bits per heavy atom. The molecule has 1 heterocycles. The van der Waals surface area contributed by atoms with Gasteiger partial charge in [0, 0.05) is 39.2 Å². The van der Waals surface area contributed by atoms with Crippen molar-refractivity contribution in [3.63, 3.8) is 0 Å². The van der Waals surface area contributed by atoms with Crippen LogP contribution in [0, 0.1) is 0 Å². The largest absolute Gasteiger partial charge is 0.478 e. The molecule has 0 bridgehead atoms. The molecule has 1 N–H and O–H groups in total. The molecule has 0 fully saturated rings. The number of carboxylic acid groups (broad SMARTS) is 1. The van der Waals surface area contributed by atoms with Crippen molar-refractivity contribution in [2.24, 2.45) is 0 Å². The first-order valence-corrected chi connectivity index (χ1v) is 6.77. The van der Waals surface area contributed by atoms with E-state index in [4.69, 9.17) is 5.11 Å². The van der Waals surface area contributed by atoms with Crippen LogP contribution in [0.2, 0.25) is 0 Å². The Balaban J connectivity index is 2.22. The molecule has 0 saturated carbocycles. The topological polar surface area (TPSA) is 77.9 Å². The summed E-state index contributed by atoms with van der Waals surface area (Å²) in [5.41, 5.74) is 1.77. The number of aryl methyl sites for hydroxylation is 1. The van der Waals surface area contributed by atoms with E-state index in [1.807, 2.05) is 0 Å². The minimum atomic E-state index is -0.982. The smallest absolute Gasteiger partial charge is 0.335 e. The summed E-state index contributed by atoms with van der Waals surface area (Å²) in [5.74, 6) is -1.06. The quantitative estimate of drug-likeness (QED) is 0.902. The van der Waals surface area contributed by atoms with E-state index in [1.54, 1.807) is 31.1 Å². The maximum Gasteiger partial charge on any atom is 0.335 e. The number of fused-ring (bicyclic) bond motifs is 1. The van der Waals surface area contributed by atoms with Gasteiger partial charge in [-0.1, -0.05) is 0 Å². The fourth-order valence-electron chi connectivity index (χ4n) is 2.37. The summed E-state index contributed by atoms with van der Waals surface area (Å²) < 4.78 is 0. The van der Waals surface area contributed by atoms with Crippen LogP contribution in [0.1, 0.15) is 28.8 Å². The zero-order valence-corrected chi connectivity index (χ0v) is 12.1. The molecule has 0 radical (unpaired) electrons. The number of nitrogens with zero attached hydrogens (tertiary/aromatic N) is 2. The second-order valence-corrected chi connectivity index (χ2v) is 5.23. The zero-order valence-electron chi connectivity index (χ0n) is 12.1. The van der Waals surface area contributed by atoms with Gasteiger partial charge in [-0.25, -0.2) is 4.79 Å². The summed E-state index contributed by atoms with van der Waals surface area (Å²) in [6.45, 7) is 0.315. The van der Waals surface area contributed by atoms with Crippen molar-refractivity contribution in [3.8, 4) is 0 Å². The first-order valence-electron chi connectivity index (χ1n) is 6.77. The molecule has 0 aliphatic carbocycles. The molecule has 1 aliphatic rings. The van der Waals surface area contributed by atoms with Crippen LogP contribution in [-0.4, -0.2) is 48.4 Å². The van der Waals surface area contributed by atoms with E-state index in [9.17, 15) is 14.4 Å².